The Morgan fingerprint density at radius 3 is 2.33 bits per heavy atom. The molecule has 2 aliphatic rings. The van der Waals surface area contributed by atoms with Crippen molar-refractivity contribution in [2.45, 2.75) is 19.8 Å². The third-order valence-corrected chi connectivity index (χ3v) is 4.88. The number of thioether (sulfide) groups is 1. The zero-order valence-electron chi connectivity index (χ0n) is 7.83. The molecule has 0 spiro atoms. The van der Waals surface area contributed by atoms with Gasteiger partial charge in [0.15, 0.2) is 0 Å². The topological polar surface area (TPSA) is 26.0 Å². The van der Waals surface area contributed by atoms with E-state index in [1.165, 1.54) is 24.3 Å². The molecule has 70 valence electrons. The molecular weight excluding hydrogens is 166 g/mol. The summed E-state index contributed by atoms with van der Waals surface area (Å²) in [5.74, 6) is 6.47. The third-order valence-electron chi connectivity index (χ3n) is 3.56. The van der Waals surface area contributed by atoms with Crippen molar-refractivity contribution in [1.29, 1.82) is 0 Å². The van der Waals surface area contributed by atoms with Crippen LogP contribution in [0.25, 0.3) is 0 Å². The quantitative estimate of drug-likeness (QED) is 0.676. The molecule has 1 saturated heterocycles. The number of hydrogen-bond donors (Lipinski definition) is 1. The molecule has 2 fully saturated rings. The fourth-order valence-corrected chi connectivity index (χ4v) is 4.51. The number of hydrogen-bond acceptors (Lipinski definition) is 2. The van der Waals surface area contributed by atoms with Gasteiger partial charge in [-0.2, -0.15) is 11.8 Å². The molecule has 0 radical (unpaired) electrons. The van der Waals surface area contributed by atoms with Crippen molar-refractivity contribution in [3.05, 3.63) is 0 Å². The first-order chi connectivity index (χ1) is 5.81. The van der Waals surface area contributed by atoms with Crippen LogP contribution in [0.3, 0.4) is 0 Å². The van der Waals surface area contributed by atoms with Gasteiger partial charge in [0.1, 0.15) is 0 Å². The summed E-state index contributed by atoms with van der Waals surface area (Å²) in [7, 11) is 0. The van der Waals surface area contributed by atoms with Gasteiger partial charge in [-0.15, -0.1) is 0 Å². The predicted octanol–water partition coefficient (Wildman–Crippen LogP) is 1.97. The molecule has 1 heterocycles. The first kappa shape index (κ1) is 8.89. The Kier molecular flexibility index (Phi) is 2.66. The van der Waals surface area contributed by atoms with Crippen molar-refractivity contribution in [3.8, 4) is 0 Å². The van der Waals surface area contributed by atoms with Gasteiger partial charge in [-0.1, -0.05) is 6.92 Å². The summed E-state index contributed by atoms with van der Waals surface area (Å²) in [5.41, 5.74) is 5.83. The van der Waals surface area contributed by atoms with E-state index in [9.17, 15) is 0 Å². The summed E-state index contributed by atoms with van der Waals surface area (Å²) in [4.78, 5) is 0. The molecular formula is C10H19NS. The van der Waals surface area contributed by atoms with E-state index in [4.69, 9.17) is 5.73 Å². The minimum Gasteiger partial charge on any atom is -0.330 e. The molecule has 2 heteroatoms. The fraction of sp³-hybridized carbons (Fsp3) is 1.00. The van der Waals surface area contributed by atoms with Crippen molar-refractivity contribution in [2.75, 3.05) is 18.1 Å². The average molecular weight is 185 g/mol. The van der Waals surface area contributed by atoms with E-state index in [-0.39, 0.29) is 0 Å². The summed E-state index contributed by atoms with van der Waals surface area (Å²) in [6.45, 7) is 3.34. The second kappa shape index (κ2) is 3.59. The Bertz CT molecular complexity index is 146. The average Bonchev–Trinajstić information content (AvgIpc) is 2.02. The second-order valence-corrected chi connectivity index (χ2v) is 5.61. The van der Waals surface area contributed by atoms with Gasteiger partial charge in [0.2, 0.25) is 0 Å². The van der Waals surface area contributed by atoms with Crippen LogP contribution in [0.5, 0.6) is 0 Å². The summed E-state index contributed by atoms with van der Waals surface area (Å²) < 4.78 is 0. The van der Waals surface area contributed by atoms with Crippen LogP contribution in [0.2, 0.25) is 0 Å². The van der Waals surface area contributed by atoms with Gasteiger partial charge in [0.05, 0.1) is 0 Å². The van der Waals surface area contributed by atoms with Gasteiger partial charge < -0.3 is 5.73 Å². The molecule has 1 aliphatic heterocycles. The first-order valence-corrected chi connectivity index (χ1v) is 6.24. The monoisotopic (exact) mass is 185 g/mol. The van der Waals surface area contributed by atoms with Gasteiger partial charge in [0.25, 0.3) is 0 Å². The van der Waals surface area contributed by atoms with Crippen molar-refractivity contribution in [3.63, 3.8) is 0 Å². The molecule has 1 aliphatic carbocycles. The highest BCUT2D eigenvalue weighted by Crippen LogP contribution is 2.44. The SMILES string of the molecule is CC1CC2CSCC(C1)C2CN. The second-order valence-electron chi connectivity index (χ2n) is 4.53. The lowest BCUT2D eigenvalue weighted by atomic mass is 9.69. The van der Waals surface area contributed by atoms with Crippen molar-refractivity contribution < 1.29 is 0 Å². The fourth-order valence-electron chi connectivity index (χ4n) is 3.00. The normalized spacial score (nSPS) is 47.5. The van der Waals surface area contributed by atoms with Crippen molar-refractivity contribution >= 4 is 11.8 Å². The van der Waals surface area contributed by atoms with Crippen LogP contribution in [-0.2, 0) is 0 Å². The van der Waals surface area contributed by atoms with E-state index < -0.39 is 0 Å². The number of nitrogens with two attached hydrogens (primary N) is 1. The van der Waals surface area contributed by atoms with E-state index >= 15 is 0 Å². The molecule has 2 bridgehead atoms. The van der Waals surface area contributed by atoms with E-state index in [0.29, 0.717) is 0 Å². The molecule has 12 heavy (non-hydrogen) atoms. The largest absolute Gasteiger partial charge is 0.330 e. The van der Waals surface area contributed by atoms with E-state index in [0.717, 1.165) is 30.2 Å². The number of fused-ring (bicyclic) bond motifs is 2. The summed E-state index contributed by atoms with van der Waals surface area (Å²) >= 11 is 2.15. The van der Waals surface area contributed by atoms with Gasteiger partial charge in [-0.05, 0) is 54.6 Å². The molecule has 0 aromatic carbocycles. The van der Waals surface area contributed by atoms with Crippen LogP contribution in [0, 0.1) is 23.7 Å². The summed E-state index contributed by atoms with van der Waals surface area (Å²) in [6.07, 6.45) is 2.87. The van der Waals surface area contributed by atoms with Gasteiger partial charge in [-0.3, -0.25) is 0 Å². The maximum absolute atomic E-state index is 5.83. The maximum atomic E-state index is 5.83. The van der Waals surface area contributed by atoms with Crippen LogP contribution in [0.1, 0.15) is 19.8 Å². The zero-order chi connectivity index (χ0) is 8.55. The third kappa shape index (κ3) is 1.51. The standard InChI is InChI=1S/C10H19NS/c1-7-2-8-5-12-6-9(3-7)10(8)4-11/h7-10H,2-6,11H2,1H3. The molecule has 2 N–H and O–H groups in total. The lowest BCUT2D eigenvalue weighted by Crippen LogP contribution is -2.42. The van der Waals surface area contributed by atoms with Crippen molar-refractivity contribution in [1.82, 2.24) is 0 Å². The Hall–Kier alpha value is 0.310. The lowest BCUT2D eigenvalue weighted by molar-refractivity contribution is 0.141. The molecule has 1 saturated carbocycles. The van der Waals surface area contributed by atoms with Crippen molar-refractivity contribution in [2.24, 2.45) is 29.4 Å². The van der Waals surface area contributed by atoms with Gasteiger partial charge in [-0.25, -0.2) is 0 Å². The van der Waals surface area contributed by atoms with Crippen LogP contribution < -0.4 is 5.73 Å². The molecule has 0 aromatic rings. The molecule has 1 nitrogen and oxygen atoms in total. The highest BCUT2D eigenvalue weighted by molar-refractivity contribution is 7.99. The van der Waals surface area contributed by atoms with Crippen LogP contribution >= 0.6 is 11.8 Å². The predicted molar refractivity (Wildman–Crippen MR) is 55.2 cm³/mol. The molecule has 2 atom stereocenters. The number of rotatable bonds is 1. The Labute approximate surface area is 79.5 Å². The maximum Gasteiger partial charge on any atom is -0.00357 e. The Morgan fingerprint density at radius 2 is 1.83 bits per heavy atom. The molecule has 0 amide bonds. The zero-order valence-corrected chi connectivity index (χ0v) is 8.65. The van der Waals surface area contributed by atoms with E-state index in [2.05, 4.69) is 18.7 Å². The minimum absolute atomic E-state index is 0.863. The summed E-state index contributed by atoms with van der Waals surface area (Å²) in [6, 6.07) is 0. The van der Waals surface area contributed by atoms with Crippen LogP contribution in [0.15, 0.2) is 0 Å². The van der Waals surface area contributed by atoms with Gasteiger partial charge >= 0.3 is 0 Å². The van der Waals surface area contributed by atoms with Crippen LogP contribution in [0.4, 0.5) is 0 Å². The van der Waals surface area contributed by atoms with Gasteiger partial charge in [0, 0.05) is 0 Å². The molecule has 2 unspecified atom stereocenters. The Balaban J connectivity index is 2.06. The molecule has 0 aromatic heterocycles. The van der Waals surface area contributed by atoms with E-state index in [1.807, 2.05) is 0 Å². The minimum atomic E-state index is 0.863. The first-order valence-electron chi connectivity index (χ1n) is 5.09. The highest BCUT2D eigenvalue weighted by Gasteiger charge is 2.38. The van der Waals surface area contributed by atoms with Crippen LogP contribution in [-0.4, -0.2) is 18.1 Å². The summed E-state index contributed by atoms with van der Waals surface area (Å²) in [5, 5.41) is 0. The lowest BCUT2D eigenvalue weighted by Gasteiger charge is -2.44. The van der Waals surface area contributed by atoms with E-state index in [1.54, 1.807) is 0 Å². The highest BCUT2D eigenvalue weighted by atomic mass is 32.2. The smallest absolute Gasteiger partial charge is 0.00357 e. The Morgan fingerprint density at radius 1 is 1.25 bits per heavy atom. The molecule has 2 rings (SSSR count).